The summed E-state index contributed by atoms with van der Waals surface area (Å²) in [5.41, 5.74) is 7.94. The van der Waals surface area contributed by atoms with E-state index < -0.39 is 6.85 Å². The zero-order valence-electron chi connectivity index (χ0n) is 22.7. The van der Waals surface area contributed by atoms with E-state index in [-0.39, 0.29) is 5.41 Å². The summed E-state index contributed by atoms with van der Waals surface area (Å²) in [5, 5.41) is 2.14. The molecule has 0 amide bonds. The highest BCUT2D eigenvalue weighted by Gasteiger charge is 2.24. The maximum atomic E-state index is 7.62. The first-order valence-electron chi connectivity index (χ1n) is 13.3. The number of benzene rings is 4. The minimum absolute atomic E-state index is 0.151. The van der Waals surface area contributed by atoms with Gasteiger partial charge in [0.1, 0.15) is 11.2 Å². The van der Waals surface area contributed by atoms with Gasteiger partial charge in [-0.05, 0) is 59.4 Å². The monoisotopic (exact) mass is 456 g/mol. The van der Waals surface area contributed by atoms with Crippen LogP contribution in [-0.2, 0) is 5.41 Å². The van der Waals surface area contributed by atoms with Crippen LogP contribution in [0.3, 0.4) is 0 Å². The number of hydrogen-bond donors (Lipinski definition) is 0. The van der Waals surface area contributed by atoms with Gasteiger partial charge < -0.3 is 4.42 Å². The number of furan rings is 1. The van der Waals surface area contributed by atoms with Crippen LogP contribution in [0.1, 0.15) is 34.7 Å². The summed E-state index contributed by atoms with van der Waals surface area (Å²) in [5.74, 6) is 0. The van der Waals surface area contributed by atoms with Gasteiger partial charge in [0.2, 0.25) is 0 Å². The van der Waals surface area contributed by atoms with Crippen LogP contribution in [-0.4, -0.2) is 4.98 Å². The van der Waals surface area contributed by atoms with Crippen LogP contribution in [0.15, 0.2) is 114 Å². The van der Waals surface area contributed by atoms with Gasteiger partial charge in [0.15, 0.2) is 0 Å². The average molecular weight is 457 g/mol. The molecule has 6 aromatic rings. The lowest BCUT2D eigenvalue weighted by Gasteiger charge is -2.26. The Kier molecular flexibility index (Phi) is 4.29. The summed E-state index contributed by atoms with van der Waals surface area (Å²) in [6, 6.07) is 34.2. The van der Waals surface area contributed by atoms with E-state index >= 15 is 0 Å². The molecule has 2 aromatic heterocycles. The van der Waals surface area contributed by atoms with E-state index in [0.29, 0.717) is 5.56 Å². The molecule has 0 saturated carbocycles. The van der Waals surface area contributed by atoms with Gasteiger partial charge in [-0.3, -0.25) is 4.98 Å². The molecule has 6 rings (SSSR count). The number of aryl methyl sites for hydroxylation is 1. The largest absolute Gasteiger partial charge is 0.455 e. The van der Waals surface area contributed by atoms with Gasteiger partial charge in [-0.15, -0.1) is 0 Å². The van der Waals surface area contributed by atoms with Gasteiger partial charge >= 0.3 is 0 Å². The molecule has 2 heteroatoms. The molecule has 170 valence electrons. The first-order valence-corrected chi connectivity index (χ1v) is 11.8. The Balaban J connectivity index is 1.43. The van der Waals surface area contributed by atoms with Crippen LogP contribution in [0.4, 0.5) is 0 Å². The van der Waals surface area contributed by atoms with E-state index in [0.717, 1.165) is 44.3 Å². The van der Waals surface area contributed by atoms with Crippen molar-refractivity contribution in [3.63, 3.8) is 0 Å². The van der Waals surface area contributed by atoms with Crippen LogP contribution in [0.2, 0.25) is 0 Å². The molecule has 35 heavy (non-hydrogen) atoms. The van der Waals surface area contributed by atoms with Crippen molar-refractivity contribution in [3.8, 4) is 22.4 Å². The highest BCUT2D eigenvalue weighted by atomic mass is 16.3. The molecule has 0 unspecified atom stereocenters. The molecule has 0 aliphatic carbocycles. The quantitative estimate of drug-likeness (QED) is 0.265. The molecular weight excluding hydrogens is 426 g/mol. The van der Waals surface area contributed by atoms with Crippen molar-refractivity contribution < 1.29 is 8.53 Å². The first kappa shape index (κ1) is 18.2. The number of para-hydroxylation sites is 1. The Morgan fingerprint density at radius 1 is 0.714 bits per heavy atom. The predicted molar refractivity (Wildman–Crippen MR) is 146 cm³/mol. The summed E-state index contributed by atoms with van der Waals surface area (Å²) in [4.78, 5) is 4.66. The van der Waals surface area contributed by atoms with Crippen molar-refractivity contribution in [2.75, 3.05) is 0 Å². The minimum atomic E-state index is -2.12. The molecule has 0 aliphatic rings. The Morgan fingerprint density at radius 2 is 1.54 bits per heavy atom. The summed E-state index contributed by atoms with van der Waals surface area (Å²) < 4.78 is 29.3. The first-order chi connectivity index (χ1) is 18.2. The molecule has 0 saturated heterocycles. The number of fused-ring (bicyclic) bond motifs is 3. The van der Waals surface area contributed by atoms with Crippen molar-refractivity contribution in [2.45, 2.75) is 26.1 Å². The Hall–Kier alpha value is -4.17. The van der Waals surface area contributed by atoms with E-state index in [1.807, 2.05) is 42.5 Å². The van der Waals surface area contributed by atoms with Gasteiger partial charge in [0.05, 0.1) is 5.69 Å². The number of hydrogen-bond acceptors (Lipinski definition) is 2. The molecule has 0 radical (unpaired) electrons. The third-order valence-corrected chi connectivity index (χ3v) is 6.97. The Morgan fingerprint density at radius 3 is 2.34 bits per heavy atom. The van der Waals surface area contributed by atoms with Crippen LogP contribution < -0.4 is 0 Å². The number of aromatic nitrogens is 1. The third-order valence-electron chi connectivity index (χ3n) is 6.97. The fourth-order valence-corrected chi connectivity index (χ4v) is 4.83. The minimum Gasteiger partial charge on any atom is -0.455 e. The summed E-state index contributed by atoms with van der Waals surface area (Å²) in [6.07, 6.45) is 1.78. The van der Waals surface area contributed by atoms with Gasteiger partial charge in [-0.25, -0.2) is 0 Å². The van der Waals surface area contributed by atoms with E-state index in [1.54, 1.807) is 18.3 Å². The highest BCUT2D eigenvalue weighted by molar-refractivity contribution is 6.09. The van der Waals surface area contributed by atoms with Crippen LogP contribution in [0.25, 0.3) is 44.3 Å². The van der Waals surface area contributed by atoms with Crippen molar-refractivity contribution in [3.05, 3.63) is 126 Å². The smallest absolute Gasteiger partial charge is 0.144 e. The SMILES string of the molecule is [2H]C([2H])([2H])c1ccc(-c2ccnc(-c3cccc4c3oc3ccc(C(C)(C)c5ccccc5)cc34)c2)cc1. The van der Waals surface area contributed by atoms with Crippen molar-refractivity contribution in [1.29, 1.82) is 0 Å². The number of pyridine rings is 1. The second-order valence-electron chi connectivity index (χ2n) is 9.49. The van der Waals surface area contributed by atoms with E-state index in [2.05, 4.69) is 67.4 Å². The Labute approximate surface area is 210 Å². The lowest BCUT2D eigenvalue weighted by Crippen LogP contribution is -2.18. The molecule has 2 nitrogen and oxygen atoms in total. The average Bonchev–Trinajstić information content (AvgIpc) is 3.31. The second kappa shape index (κ2) is 8.25. The summed E-state index contributed by atoms with van der Waals surface area (Å²) in [7, 11) is 0. The predicted octanol–water partition coefficient (Wildman–Crippen LogP) is 8.95. The zero-order chi connectivity index (χ0) is 26.5. The van der Waals surface area contributed by atoms with Crippen LogP contribution >= 0.6 is 0 Å². The fourth-order valence-electron chi connectivity index (χ4n) is 4.83. The highest BCUT2D eigenvalue weighted by Crippen LogP contribution is 2.39. The van der Waals surface area contributed by atoms with E-state index in [1.165, 1.54) is 11.1 Å². The molecule has 2 heterocycles. The van der Waals surface area contributed by atoms with Gasteiger partial charge in [0.25, 0.3) is 0 Å². The van der Waals surface area contributed by atoms with Gasteiger partial charge in [0, 0.05) is 32.1 Å². The molecule has 0 N–H and O–H groups in total. The molecule has 4 aromatic carbocycles. The maximum absolute atomic E-state index is 7.62. The van der Waals surface area contributed by atoms with E-state index in [9.17, 15) is 0 Å². The molecule has 0 bridgehead atoms. The maximum Gasteiger partial charge on any atom is 0.144 e. The van der Waals surface area contributed by atoms with Crippen molar-refractivity contribution in [2.24, 2.45) is 0 Å². The molecular formula is C33H27NO. The number of rotatable bonds is 4. The van der Waals surface area contributed by atoms with Crippen molar-refractivity contribution in [1.82, 2.24) is 4.98 Å². The third kappa shape index (κ3) is 3.72. The molecule has 0 aliphatic heterocycles. The van der Waals surface area contributed by atoms with Crippen molar-refractivity contribution >= 4 is 21.9 Å². The van der Waals surface area contributed by atoms with Crippen LogP contribution in [0, 0.1) is 6.85 Å². The molecule has 0 fully saturated rings. The summed E-state index contributed by atoms with van der Waals surface area (Å²) in [6.45, 7) is 2.38. The topological polar surface area (TPSA) is 26.0 Å². The second-order valence-corrected chi connectivity index (χ2v) is 9.49. The lowest BCUT2D eigenvalue weighted by atomic mass is 9.78. The Bertz CT molecular complexity index is 1760. The van der Waals surface area contributed by atoms with Gasteiger partial charge in [-0.2, -0.15) is 0 Å². The van der Waals surface area contributed by atoms with Crippen LogP contribution in [0.5, 0.6) is 0 Å². The lowest BCUT2D eigenvalue weighted by molar-refractivity contribution is 0.639. The van der Waals surface area contributed by atoms with E-state index in [4.69, 9.17) is 8.53 Å². The zero-order valence-corrected chi connectivity index (χ0v) is 19.7. The standard InChI is InChI=1S/C33H27NO/c1-22-12-14-23(15-13-22)24-18-19-34-30(20-24)28-11-7-10-27-29-21-26(16-17-31(29)35-32(27)28)33(2,3)25-8-5-4-6-9-25/h4-21H,1-3H3/i1D3. The normalized spacial score (nSPS) is 13.5. The fraction of sp³-hybridized carbons (Fsp3) is 0.121. The molecule has 0 atom stereocenters. The summed E-state index contributed by atoms with van der Waals surface area (Å²) >= 11 is 0. The van der Waals surface area contributed by atoms with Gasteiger partial charge in [-0.1, -0.05) is 92.2 Å². The molecule has 0 spiro atoms. The number of nitrogens with zero attached hydrogens (tertiary/aromatic N) is 1.